The number of benzene rings is 1. The van der Waals surface area contributed by atoms with Gasteiger partial charge in [0.2, 0.25) is 5.91 Å². The Labute approximate surface area is 154 Å². The highest BCUT2D eigenvalue weighted by Gasteiger charge is 2.28. The first-order valence-corrected chi connectivity index (χ1v) is 9.35. The van der Waals surface area contributed by atoms with Gasteiger partial charge in [-0.1, -0.05) is 30.3 Å². The molecule has 0 N–H and O–H groups in total. The van der Waals surface area contributed by atoms with Crippen LogP contribution in [-0.4, -0.2) is 71.5 Å². The first-order chi connectivity index (χ1) is 12.8. The minimum absolute atomic E-state index is 0.248. The second-order valence-electron chi connectivity index (χ2n) is 7.06. The maximum absolute atomic E-state index is 12.7. The van der Waals surface area contributed by atoms with Crippen molar-refractivity contribution < 1.29 is 4.79 Å². The van der Waals surface area contributed by atoms with Crippen molar-refractivity contribution in [3.8, 4) is 0 Å². The predicted molar refractivity (Wildman–Crippen MR) is 101 cm³/mol. The molecule has 0 radical (unpaired) electrons. The number of amides is 1. The summed E-state index contributed by atoms with van der Waals surface area (Å²) in [6.07, 6.45) is 6.31. The van der Waals surface area contributed by atoms with Crippen molar-refractivity contribution in [1.29, 1.82) is 0 Å². The summed E-state index contributed by atoms with van der Waals surface area (Å²) >= 11 is 0. The minimum Gasteiger partial charge on any atom is -0.352 e. The molecule has 2 aromatic rings. The molecule has 1 amide bonds. The van der Waals surface area contributed by atoms with Crippen LogP contribution < -0.4 is 4.90 Å². The van der Waals surface area contributed by atoms with Crippen molar-refractivity contribution in [2.24, 2.45) is 0 Å². The van der Waals surface area contributed by atoms with E-state index in [1.54, 1.807) is 18.6 Å². The van der Waals surface area contributed by atoms with Gasteiger partial charge < -0.3 is 9.80 Å². The van der Waals surface area contributed by atoms with E-state index >= 15 is 0 Å². The molecule has 4 rings (SSSR count). The molecule has 2 fully saturated rings. The van der Waals surface area contributed by atoms with Crippen LogP contribution in [0.5, 0.6) is 0 Å². The molecule has 6 nitrogen and oxygen atoms in total. The van der Waals surface area contributed by atoms with E-state index in [1.807, 2.05) is 4.90 Å². The average Bonchev–Trinajstić information content (AvgIpc) is 3.18. The van der Waals surface area contributed by atoms with Gasteiger partial charge in [0.15, 0.2) is 0 Å². The fourth-order valence-electron chi connectivity index (χ4n) is 3.90. The lowest BCUT2D eigenvalue weighted by atomic mass is 9.99. The molecule has 2 aliphatic rings. The van der Waals surface area contributed by atoms with Crippen molar-refractivity contribution in [3.05, 3.63) is 54.5 Å². The number of hydrogen-bond acceptors (Lipinski definition) is 5. The maximum Gasteiger partial charge on any atom is 0.236 e. The topological polar surface area (TPSA) is 52.6 Å². The Morgan fingerprint density at radius 2 is 1.85 bits per heavy atom. The number of piperazine rings is 1. The molecule has 0 spiro atoms. The van der Waals surface area contributed by atoms with Gasteiger partial charge in [0.25, 0.3) is 0 Å². The number of likely N-dealkylation sites (tertiary alicyclic amines) is 1. The number of carbonyl (C=O) groups is 1. The molecule has 2 aliphatic heterocycles. The Hall–Kier alpha value is -2.47. The van der Waals surface area contributed by atoms with Crippen LogP contribution in [0.3, 0.4) is 0 Å². The quantitative estimate of drug-likeness (QED) is 0.838. The molecule has 26 heavy (non-hydrogen) atoms. The van der Waals surface area contributed by atoms with E-state index in [0.717, 1.165) is 51.5 Å². The Balaban J connectivity index is 1.26. The molecule has 0 unspecified atom stereocenters. The highest BCUT2D eigenvalue weighted by molar-refractivity contribution is 5.78. The molecule has 1 atom stereocenters. The summed E-state index contributed by atoms with van der Waals surface area (Å²) in [6.45, 7) is 5.67. The van der Waals surface area contributed by atoms with Crippen LogP contribution in [0.1, 0.15) is 17.9 Å². The maximum atomic E-state index is 12.7. The van der Waals surface area contributed by atoms with E-state index in [9.17, 15) is 4.79 Å². The Morgan fingerprint density at radius 3 is 2.58 bits per heavy atom. The van der Waals surface area contributed by atoms with Gasteiger partial charge in [-0.15, -0.1) is 0 Å². The lowest BCUT2D eigenvalue weighted by Crippen LogP contribution is -2.51. The van der Waals surface area contributed by atoms with Gasteiger partial charge in [0.05, 0.1) is 12.7 Å². The zero-order chi connectivity index (χ0) is 17.8. The van der Waals surface area contributed by atoms with Gasteiger partial charge >= 0.3 is 0 Å². The number of rotatable bonds is 4. The predicted octanol–water partition coefficient (Wildman–Crippen LogP) is 1.61. The number of hydrogen-bond donors (Lipinski definition) is 0. The minimum atomic E-state index is 0.248. The van der Waals surface area contributed by atoms with E-state index in [0.29, 0.717) is 12.5 Å². The van der Waals surface area contributed by atoms with Gasteiger partial charge in [-0.05, 0) is 24.4 Å². The molecule has 6 heteroatoms. The average molecular weight is 351 g/mol. The first kappa shape index (κ1) is 17.0. The summed E-state index contributed by atoms with van der Waals surface area (Å²) in [5, 5.41) is 0. The third-order valence-corrected chi connectivity index (χ3v) is 5.41. The number of carbonyl (C=O) groups excluding carboxylic acids is 1. The second kappa shape index (κ2) is 7.83. The number of aromatic nitrogens is 2. The molecule has 136 valence electrons. The normalized spacial score (nSPS) is 21.2. The number of anilines is 1. The summed E-state index contributed by atoms with van der Waals surface area (Å²) in [5.74, 6) is 1.69. The summed E-state index contributed by atoms with van der Waals surface area (Å²) in [5.41, 5.74) is 1.39. The molecule has 2 saturated heterocycles. The highest BCUT2D eigenvalue weighted by Crippen LogP contribution is 2.26. The van der Waals surface area contributed by atoms with Crippen LogP contribution in [-0.2, 0) is 4.79 Å². The third-order valence-electron chi connectivity index (χ3n) is 5.41. The molecule has 1 aromatic carbocycles. The van der Waals surface area contributed by atoms with Crippen LogP contribution >= 0.6 is 0 Å². The second-order valence-corrected chi connectivity index (χ2v) is 7.06. The zero-order valence-electron chi connectivity index (χ0n) is 15.0. The molecule has 0 bridgehead atoms. The molecule has 1 aromatic heterocycles. The summed E-state index contributed by atoms with van der Waals surface area (Å²) in [7, 11) is 0. The standard InChI is InChI=1S/C20H25N5O/c26-20(16-23-9-6-18(15-23)17-4-2-1-3-5-17)25-12-10-24(11-13-25)19-14-21-7-8-22-19/h1-5,7-8,14,18H,6,9-13,15-16H2/t18-/m0/s1. The summed E-state index contributed by atoms with van der Waals surface area (Å²) in [4.78, 5) is 27.6. The molecule has 3 heterocycles. The Morgan fingerprint density at radius 1 is 1.04 bits per heavy atom. The SMILES string of the molecule is O=C(CN1CC[C@H](c2ccccc2)C1)N1CCN(c2cnccn2)CC1. The molecule has 0 aliphatic carbocycles. The van der Waals surface area contributed by atoms with E-state index in [4.69, 9.17) is 0 Å². The Kier molecular flexibility index (Phi) is 5.11. The zero-order valence-corrected chi connectivity index (χ0v) is 15.0. The highest BCUT2D eigenvalue weighted by atomic mass is 16.2. The van der Waals surface area contributed by atoms with Gasteiger partial charge in [0, 0.05) is 45.1 Å². The van der Waals surface area contributed by atoms with E-state index in [2.05, 4.69) is 50.1 Å². The Bertz CT molecular complexity index is 715. The van der Waals surface area contributed by atoms with Gasteiger partial charge in [0.1, 0.15) is 5.82 Å². The van der Waals surface area contributed by atoms with Crippen molar-refractivity contribution in [3.63, 3.8) is 0 Å². The van der Waals surface area contributed by atoms with Crippen LogP contribution in [0.15, 0.2) is 48.9 Å². The molecular weight excluding hydrogens is 326 g/mol. The lowest BCUT2D eigenvalue weighted by Gasteiger charge is -2.35. The summed E-state index contributed by atoms with van der Waals surface area (Å²) in [6, 6.07) is 10.6. The fourth-order valence-corrected chi connectivity index (χ4v) is 3.90. The van der Waals surface area contributed by atoms with E-state index < -0.39 is 0 Å². The van der Waals surface area contributed by atoms with Crippen LogP contribution in [0, 0.1) is 0 Å². The van der Waals surface area contributed by atoms with Crippen LogP contribution in [0.25, 0.3) is 0 Å². The van der Waals surface area contributed by atoms with Crippen molar-refractivity contribution in [1.82, 2.24) is 19.8 Å². The van der Waals surface area contributed by atoms with E-state index in [1.165, 1.54) is 5.56 Å². The number of nitrogens with zero attached hydrogens (tertiary/aromatic N) is 5. The molecular formula is C20H25N5O. The van der Waals surface area contributed by atoms with Crippen molar-refractivity contribution in [2.45, 2.75) is 12.3 Å². The monoisotopic (exact) mass is 351 g/mol. The fraction of sp³-hybridized carbons (Fsp3) is 0.450. The van der Waals surface area contributed by atoms with Crippen molar-refractivity contribution in [2.75, 3.05) is 50.7 Å². The van der Waals surface area contributed by atoms with Gasteiger partial charge in [-0.2, -0.15) is 0 Å². The first-order valence-electron chi connectivity index (χ1n) is 9.35. The van der Waals surface area contributed by atoms with Gasteiger partial charge in [-0.25, -0.2) is 4.98 Å². The largest absolute Gasteiger partial charge is 0.352 e. The van der Waals surface area contributed by atoms with E-state index in [-0.39, 0.29) is 5.91 Å². The smallest absolute Gasteiger partial charge is 0.236 e. The van der Waals surface area contributed by atoms with Gasteiger partial charge in [-0.3, -0.25) is 14.7 Å². The third kappa shape index (κ3) is 3.85. The van der Waals surface area contributed by atoms with Crippen LogP contribution in [0.2, 0.25) is 0 Å². The molecule has 0 saturated carbocycles. The lowest BCUT2D eigenvalue weighted by molar-refractivity contribution is -0.132. The summed E-state index contributed by atoms with van der Waals surface area (Å²) < 4.78 is 0. The van der Waals surface area contributed by atoms with Crippen molar-refractivity contribution >= 4 is 11.7 Å². The van der Waals surface area contributed by atoms with Crippen LogP contribution in [0.4, 0.5) is 5.82 Å².